The Balaban J connectivity index is 1.41. The van der Waals surface area contributed by atoms with E-state index in [0.717, 1.165) is 57.0 Å². The van der Waals surface area contributed by atoms with Crippen LogP contribution in [0.5, 0.6) is 0 Å². The minimum atomic E-state index is 0.204. The molecule has 0 spiro atoms. The van der Waals surface area contributed by atoms with E-state index >= 15 is 0 Å². The second-order valence-electron chi connectivity index (χ2n) is 11.4. The summed E-state index contributed by atoms with van der Waals surface area (Å²) in [5.74, 6) is 1.12. The summed E-state index contributed by atoms with van der Waals surface area (Å²) in [5.41, 5.74) is 11.4. The molecule has 1 heterocycles. The molecule has 2 nitrogen and oxygen atoms in total. The molecule has 0 N–H and O–H groups in total. The van der Waals surface area contributed by atoms with Gasteiger partial charge in [0.15, 0.2) is 5.78 Å². The Bertz CT molecular complexity index is 1260. The highest BCUT2D eigenvalue weighted by atomic mass is 16.1. The van der Waals surface area contributed by atoms with E-state index in [1.165, 1.54) is 62.5 Å². The Morgan fingerprint density at radius 2 is 1.50 bits per heavy atom. The van der Waals surface area contributed by atoms with E-state index in [1.807, 2.05) is 6.20 Å². The third-order valence-electron chi connectivity index (χ3n) is 8.40. The Morgan fingerprint density at radius 3 is 2.16 bits per heavy atom. The molecule has 0 bridgehead atoms. The number of unbranched alkanes of at least 4 members (excludes halogenated alkanes) is 1. The van der Waals surface area contributed by atoms with Crippen LogP contribution in [-0.4, -0.2) is 10.8 Å². The zero-order valence-corrected chi connectivity index (χ0v) is 24.2. The van der Waals surface area contributed by atoms with Gasteiger partial charge in [-0.3, -0.25) is 9.78 Å². The monoisotopic (exact) mass is 507 g/mol. The highest BCUT2D eigenvalue weighted by Crippen LogP contribution is 2.33. The van der Waals surface area contributed by atoms with Crippen LogP contribution in [0.4, 0.5) is 0 Å². The van der Waals surface area contributed by atoms with Gasteiger partial charge in [0.2, 0.25) is 0 Å². The zero-order valence-electron chi connectivity index (χ0n) is 24.2. The summed E-state index contributed by atoms with van der Waals surface area (Å²) in [5, 5.41) is 0. The number of aromatic nitrogens is 1. The number of ketones is 1. The van der Waals surface area contributed by atoms with E-state index in [4.69, 9.17) is 4.98 Å². The molecule has 0 saturated carbocycles. The average molecular weight is 508 g/mol. The second kappa shape index (κ2) is 13.2. The van der Waals surface area contributed by atoms with E-state index in [-0.39, 0.29) is 5.78 Å². The number of hydrogen-bond donors (Lipinski definition) is 0. The van der Waals surface area contributed by atoms with Gasteiger partial charge in [0.05, 0.1) is 0 Å². The van der Waals surface area contributed by atoms with Crippen molar-refractivity contribution in [2.24, 2.45) is 5.92 Å². The Hall–Kier alpha value is -3.00. The first-order valence-electron chi connectivity index (χ1n) is 14.8. The van der Waals surface area contributed by atoms with Crippen LogP contribution in [0.1, 0.15) is 109 Å². The largest absolute Gasteiger partial charge is 0.294 e. The molecule has 2 aromatic carbocycles. The van der Waals surface area contributed by atoms with Crippen molar-refractivity contribution in [1.29, 1.82) is 0 Å². The smallest absolute Gasteiger partial charge is 0.167 e. The minimum Gasteiger partial charge on any atom is -0.294 e. The Labute approximate surface area is 230 Å². The molecule has 200 valence electrons. The molecule has 3 aromatic rings. The van der Waals surface area contributed by atoms with Gasteiger partial charge in [0.25, 0.3) is 0 Å². The number of nitrogens with zero attached hydrogens (tertiary/aromatic N) is 1. The van der Waals surface area contributed by atoms with Crippen molar-refractivity contribution >= 4 is 17.4 Å². The molecule has 0 amide bonds. The van der Waals surface area contributed by atoms with Gasteiger partial charge in [-0.05, 0) is 90.1 Å². The van der Waals surface area contributed by atoms with Crippen LogP contribution < -0.4 is 0 Å². The fourth-order valence-electron chi connectivity index (χ4n) is 6.22. The van der Waals surface area contributed by atoms with Gasteiger partial charge in [0, 0.05) is 30.3 Å². The van der Waals surface area contributed by atoms with Gasteiger partial charge in [-0.25, -0.2) is 0 Å². The molecule has 1 aliphatic carbocycles. The molecule has 0 saturated heterocycles. The van der Waals surface area contributed by atoms with Crippen LogP contribution >= 0.6 is 0 Å². The molecular formula is C36H45NO. The van der Waals surface area contributed by atoms with Crippen LogP contribution in [0.25, 0.3) is 11.6 Å². The summed E-state index contributed by atoms with van der Waals surface area (Å²) in [6.07, 6.45) is 15.8. The highest BCUT2D eigenvalue weighted by Gasteiger charge is 2.24. The molecule has 0 atom stereocenters. The Morgan fingerprint density at radius 1 is 0.842 bits per heavy atom. The molecule has 0 aliphatic heterocycles. The van der Waals surface area contributed by atoms with Gasteiger partial charge in [-0.15, -0.1) is 0 Å². The first-order valence-corrected chi connectivity index (χ1v) is 14.8. The molecular weight excluding hydrogens is 462 g/mol. The van der Waals surface area contributed by atoms with E-state index in [0.29, 0.717) is 6.42 Å². The number of carbonyl (C=O) groups excluding carboxylic acids is 1. The topological polar surface area (TPSA) is 30.0 Å². The predicted molar refractivity (Wildman–Crippen MR) is 162 cm³/mol. The number of allylic oxidation sites excluding steroid dienone is 1. The molecule has 4 rings (SSSR count). The molecule has 1 aromatic heterocycles. The number of carbonyl (C=O) groups is 1. The summed E-state index contributed by atoms with van der Waals surface area (Å²) < 4.78 is 0. The summed E-state index contributed by atoms with van der Waals surface area (Å²) in [7, 11) is 0. The van der Waals surface area contributed by atoms with Gasteiger partial charge in [0.1, 0.15) is 0 Å². The van der Waals surface area contributed by atoms with Gasteiger partial charge < -0.3 is 0 Å². The number of hydrogen-bond acceptors (Lipinski definition) is 2. The molecule has 0 unspecified atom stereocenters. The highest BCUT2D eigenvalue weighted by molar-refractivity contribution is 6.28. The van der Waals surface area contributed by atoms with Crippen molar-refractivity contribution in [3.8, 4) is 0 Å². The Kier molecular flexibility index (Phi) is 9.72. The molecule has 0 radical (unpaired) electrons. The van der Waals surface area contributed by atoms with Gasteiger partial charge in [-0.2, -0.15) is 0 Å². The fourth-order valence-corrected chi connectivity index (χ4v) is 6.22. The number of aryl methyl sites for hydroxylation is 3. The second-order valence-corrected chi connectivity index (χ2v) is 11.4. The molecule has 38 heavy (non-hydrogen) atoms. The maximum atomic E-state index is 13.2. The van der Waals surface area contributed by atoms with Crippen molar-refractivity contribution in [2.45, 2.75) is 98.8 Å². The van der Waals surface area contributed by atoms with E-state index in [9.17, 15) is 4.79 Å². The predicted octanol–water partition coefficient (Wildman–Crippen LogP) is 9.19. The fraction of sp³-hybridized carbons (Fsp3) is 0.444. The molecule has 0 fully saturated rings. The van der Waals surface area contributed by atoms with Crippen LogP contribution in [0.15, 0.2) is 48.7 Å². The summed E-state index contributed by atoms with van der Waals surface area (Å²) in [6, 6.07) is 15.3. The first kappa shape index (κ1) is 28.0. The summed E-state index contributed by atoms with van der Waals surface area (Å²) in [4.78, 5) is 18.1. The van der Waals surface area contributed by atoms with Crippen molar-refractivity contribution in [3.05, 3.63) is 98.9 Å². The van der Waals surface area contributed by atoms with Gasteiger partial charge in [-0.1, -0.05) is 94.8 Å². The number of fused-ring (bicyclic) bond motifs is 1. The van der Waals surface area contributed by atoms with E-state index in [1.54, 1.807) is 0 Å². The maximum Gasteiger partial charge on any atom is 0.167 e. The summed E-state index contributed by atoms with van der Waals surface area (Å²) in [6.45, 7) is 10.9. The summed E-state index contributed by atoms with van der Waals surface area (Å²) >= 11 is 0. The molecule has 2 heteroatoms. The van der Waals surface area contributed by atoms with Crippen LogP contribution in [-0.2, 0) is 24.1 Å². The zero-order chi connectivity index (χ0) is 27.1. The number of rotatable bonds is 12. The minimum absolute atomic E-state index is 0.204. The standard InChI is InChI=1S/C36H45NO/c1-6-11-28(12-7-2)15-8-9-16-29-17-19-30(20-18-29)21-34-27(5)32-23-35(38)33(22-31(32)24-37-34)36-25(3)13-10-14-26(36)4/h10,13-14,17-20,22,24,28H,6-9,11-12,15-16,21,23H2,1-5H3. The SMILES string of the molecule is CCCC(CCC)CCCCc1ccc(Cc2ncc3c(c2C)CC(=O)C(c2c(C)cccc2C)=C3)cc1. The van der Waals surface area contributed by atoms with Crippen LogP contribution in [0.2, 0.25) is 0 Å². The van der Waals surface area contributed by atoms with Gasteiger partial charge >= 0.3 is 0 Å². The normalized spacial score (nSPS) is 13.1. The van der Waals surface area contributed by atoms with Crippen LogP contribution in [0.3, 0.4) is 0 Å². The maximum absolute atomic E-state index is 13.2. The third-order valence-corrected chi connectivity index (χ3v) is 8.40. The van der Waals surface area contributed by atoms with Crippen molar-refractivity contribution in [3.63, 3.8) is 0 Å². The van der Waals surface area contributed by atoms with E-state index in [2.05, 4.69) is 83.2 Å². The first-order chi connectivity index (χ1) is 18.4. The number of Topliss-reactive ketones (excluding diaryl/α,β-unsaturated/α-hetero) is 1. The lowest BCUT2D eigenvalue weighted by atomic mass is 9.83. The lowest BCUT2D eigenvalue weighted by Gasteiger charge is -2.21. The van der Waals surface area contributed by atoms with E-state index < -0.39 is 0 Å². The third kappa shape index (κ3) is 6.70. The van der Waals surface area contributed by atoms with Crippen molar-refractivity contribution in [1.82, 2.24) is 4.98 Å². The lowest BCUT2D eigenvalue weighted by Crippen LogP contribution is -2.16. The number of pyridine rings is 1. The van der Waals surface area contributed by atoms with Crippen LogP contribution in [0, 0.1) is 26.7 Å². The number of benzene rings is 2. The van der Waals surface area contributed by atoms with Crippen molar-refractivity contribution < 1.29 is 4.79 Å². The van der Waals surface area contributed by atoms with Crippen molar-refractivity contribution in [2.75, 3.05) is 0 Å². The molecule has 1 aliphatic rings. The quantitative estimate of drug-likeness (QED) is 0.229. The lowest BCUT2D eigenvalue weighted by molar-refractivity contribution is -0.113. The average Bonchev–Trinajstić information content (AvgIpc) is 2.90.